The number of benzene rings is 1. The molecule has 0 radical (unpaired) electrons. The third-order valence-electron chi connectivity index (χ3n) is 3.22. The number of ether oxygens (including phenoxy) is 2. The van der Waals surface area contributed by atoms with Crippen LogP contribution in [0, 0.1) is 0 Å². The molecule has 1 aliphatic heterocycles. The summed E-state index contributed by atoms with van der Waals surface area (Å²) in [4.78, 5) is 11.8. The molecule has 0 spiro atoms. The van der Waals surface area contributed by atoms with Crippen molar-refractivity contribution in [3.05, 3.63) is 29.3 Å². The number of methoxy groups -OCH3 is 1. The number of esters is 1. The summed E-state index contributed by atoms with van der Waals surface area (Å²) < 4.78 is 10.1. The van der Waals surface area contributed by atoms with Gasteiger partial charge in [0.1, 0.15) is 0 Å². The second-order valence-corrected chi connectivity index (χ2v) is 5.78. The van der Waals surface area contributed by atoms with Gasteiger partial charge >= 0.3 is 5.97 Å². The maximum absolute atomic E-state index is 11.8. The summed E-state index contributed by atoms with van der Waals surface area (Å²) in [5.74, 6) is 0.417. The van der Waals surface area contributed by atoms with Crippen molar-refractivity contribution in [1.29, 1.82) is 0 Å². The van der Waals surface area contributed by atoms with Crippen LogP contribution in [0.15, 0.2) is 18.2 Å². The maximum atomic E-state index is 11.8. The summed E-state index contributed by atoms with van der Waals surface area (Å²) in [6, 6.07) is 5.55. The molecule has 5 heteroatoms. The molecule has 4 nitrogen and oxygen atoms in total. The number of rotatable bonds is 4. The molecule has 1 aromatic rings. The Hall–Kier alpha value is -1.20. The Morgan fingerprint density at radius 2 is 2.21 bits per heavy atom. The van der Waals surface area contributed by atoms with Gasteiger partial charge in [-0.05, 0) is 24.5 Å². The van der Waals surface area contributed by atoms with Crippen LogP contribution in [0.4, 0.5) is 5.69 Å². The van der Waals surface area contributed by atoms with E-state index in [4.69, 9.17) is 15.2 Å². The summed E-state index contributed by atoms with van der Waals surface area (Å²) in [6.45, 7) is 1.66. The van der Waals surface area contributed by atoms with Gasteiger partial charge in [0.2, 0.25) is 0 Å². The molecule has 104 valence electrons. The van der Waals surface area contributed by atoms with E-state index in [9.17, 15) is 4.79 Å². The van der Waals surface area contributed by atoms with E-state index in [-0.39, 0.29) is 5.97 Å². The number of nitrogen functional groups attached to an aromatic ring is 1. The van der Waals surface area contributed by atoms with E-state index in [2.05, 4.69) is 0 Å². The Labute approximate surface area is 117 Å². The fraction of sp³-hybridized carbons (Fsp3) is 0.500. The van der Waals surface area contributed by atoms with Crippen molar-refractivity contribution in [2.24, 2.45) is 0 Å². The minimum Gasteiger partial charge on any atom is -0.465 e. The second kappa shape index (κ2) is 6.82. The van der Waals surface area contributed by atoms with E-state index in [1.54, 1.807) is 6.07 Å². The Morgan fingerprint density at radius 1 is 1.47 bits per heavy atom. The third-order valence-corrected chi connectivity index (χ3v) is 4.64. The Balaban J connectivity index is 2.06. The lowest BCUT2D eigenvalue weighted by Crippen LogP contribution is -2.18. The second-order valence-electron chi connectivity index (χ2n) is 4.50. The molecule has 0 atom stereocenters. The van der Waals surface area contributed by atoms with Crippen molar-refractivity contribution in [1.82, 2.24) is 0 Å². The number of anilines is 1. The number of hydrogen-bond donors (Lipinski definition) is 1. The zero-order valence-corrected chi connectivity index (χ0v) is 11.9. The molecule has 0 unspecified atom stereocenters. The quantitative estimate of drug-likeness (QED) is 0.678. The first-order chi connectivity index (χ1) is 9.22. The lowest BCUT2D eigenvalue weighted by Gasteiger charge is -2.22. The molecule has 0 aliphatic carbocycles. The van der Waals surface area contributed by atoms with Crippen molar-refractivity contribution in [3.63, 3.8) is 0 Å². The van der Waals surface area contributed by atoms with E-state index >= 15 is 0 Å². The van der Waals surface area contributed by atoms with Gasteiger partial charge in [-0.15, -0.1) is 0 Å². The molecule has 0 bridgehead atoms. The highest BCUT2D eigenvalue weighted by Crippen LogP contribution is 2.28. The summed E-state index contributed by atoms with van der Waals surface area (Å²) in [5.41, 5.74) is 7.81. The zero-order chi connectivity index (χ0) is 13.7. The zero-order valence-electron chi connectivity index (χ0n) is 11.1. The van der Waals surface area contributed by atoms with Gasteiger partial charge in [0.05, 0.1) is 12.7 Å². The third kappa shape index (κ3) is 3.64. The average molecular weight is 281 g/mol. The SMILES string of the molecule is COC(=O)c1c(N)cccc1CSC1CCOCC1. The number of thioether (sulfide) groups is 1. The highest BCUT2D eigenvalue weighted by Gasteiger charge is 2.18. The summed E-state index contributed by atoms with van der Waals surface area (Å²) in [6.07, 6.45) is 2.14. The molecule has 19 heavy (non-hydrogen) atoms. The van der Waals surface area contributed by atoms with E-state index in [1.165, 1.54) is 7.11 Å². The molecule has 0 saturated carbocycles. The van der Waals surface area contributed by atoms with Gasteiger partial charge in [0.15, 0.2) is 0 Å². The predicted octanol–water partition coefficient (Wildman–Crippen LogP) is 2.47. The topological polar surface area (TPSA) is 61.5 Å². The van der Waals surface area contributed by atoms with Gasteiger partial charge in [-0.3, -0.25) is 0 Å². The van der Waals surface area contributed by atoms with Gasteiger partial charge < -0.3 is 15.2 Å². The normalized spacial score (nSPS) is 16.3. The lowest BCUT2D eigenvalue weighted by molar-refractivity contribution is 0.0601. The largest absolute Gasteiger partial charge is 0.465 e. The fourth-order valence-corrected chi connectivity index (χ4v) is 3.32. The van der Waals surface area contributed by atoms with E-state index in [0.717, 1.165) is 37.4 Å². The highest BCUT2D eigenvalue weighted by molar-refractivity contribution is 7.99. The maximum Gasteiger partial charge on any atom is 0.340 e. The van der Waals surface area contributed by atoms with Crippen LogP contribution in [-0.2, 0) is 15.2 Å². The molecular formula is C14H19NO3S. The van der Waals surface area contributed by atoms with E-state index in [0.29, 0.717) is 16.5 Å². The number of carbonyl (C=O) groups excluding carboxylic acids is 1. The first-order valence-electron chi connectivity index (χ1n) is 6.37. The van der Waals surface area contributed by atoms with Crippen LogP contribution in [0.3, 0.4) is 0 Å². The minimum atomic E-state index is -0.360. The summed E-state index contributed by atoms with van der Waals surface area (Å²) >= 11 is 1.86. The van der Waals surface area contributed by atoms with Crippen LogP contribution in [-0.4, -0.2) is 31.5 Å². The lowest BCUT2D eigenvalue weighted by atomic mass is 10.1. The van der Waals surface area contributed by atoms with Crippen molar-refractivity contribution < 1.29 is 14.3 Å². The van der Waals surface area contributed by atoms with Crippen molar-refractivity contribution in [2.45, 2.75) is 23.8 Å². The molecule has 1 aromatic carbocycles. The van der Waals surface area contributed by atoms with Gasteiger partial charge in [-0.1, -0.05) is 12.1 Å². The standard InChI is InChI=1S/C14H19NO3S/c1-17-14(16)13-10(3-2-4-12(13)15)9-19-11-5-7-18-8-6-11/h2-4,11H,5-9,15H2,1H3. The molecule has 2 rings (SSSR count). The van der Waals surface area contributed by atoms with E-state index in [1.807, 2.05) is 23.9 Å². The molecule has 0 amide bonds. The van der Waals surface area contributed by atoms with Crippen molar-refractivity contribution in [2.75, 3.05) is 26.1 Å². The molecule has 0 aromatic heterocycles. The number of hydrogen-bond acceptors (Lipinski definition) is 5. The Bertz CT molecular complexity index is 444. The van der Waals surface area contributed by atoms with Gasteiger partial charge in [-0.2, -0.15) is 11.8 Å². The molecule has 1 saturated heterocycles. The molecule has 1 aliphatic rings. The monoisotopic (exact) mass is 281 g/mol. The van der Waals surface area contributed by atoms with Crippen LogP contribution >= 0.6 is 11.8 Å². The average Bonchev–Trinajstić information content (AvgIpc) is 2.45. The van der Waals surface area contributed by atoms with Crippen LogP contribution in [0.25, 0.3) is 0 Å². The van der Waals surface area contributed by atoms with Crippen LogP contribution in [0.2, 0.25) is 0 Å². The highest BCUT2D eigenvalue weighted by atomic mass is 32.2. The Morgan fingerprint density at radius 3 is 2.89 bits per heavy atom. The van der Waals surface area contributed by atoms with Crippen LogP contribution in [0.1, 0.15) is 28.8 Å². The molecule has 1 heterocycles. The minimum absolute atomic E-state index is 0.360. The molecular weight excluding hydrogens is 262 g/mol. The fourth-order valence-electron chi connectivity index (χ4n) is 2.14. The van der Waals surface area contributed by atoms with Crippen LogP contribution in [0.5, 0.6) is 0 Å². The van der Waals surface area contributed by atoms with Gasteiger partial charge in [0, 0.05) is 29.9 Å². The Kier molecular flexibility index (Phi) is 5.10. The van der Waals surface area contributed by atoms with Crippen molar-refractivity contribution >= 4 is 23.4 Å². The summed E-state index contributed by atoms with van der Waals surface area (Å²) in [7, 11) is 1.38. The number of carbonyl (C=O) groups is 1. The van der Waals surface area contributed by atoms with Gasteiger partial charge in [-0.25, -0.2) is 4.79 Å². The van der Waals surface area contributed by atoms with Gasteiger partial charge in [0.25, 0.3) is 0 Å². The predicted molar refractivity (Wildman–Crippen MR) is 77.3 cm³/mol. The van der Waals surface area contributed by atoms with Crippen molar-refractivity contribution in [3.8, 4) is 0 Å². The first kappa shape index (κ1) is 14.2. The molecule has 2 N–H and O–H groups in total. The first-order valence-corrected chi connectivity index (χ1v) is 7.42. The summed E-state index contributed by atoms with van der Waals surface area (Å²) in [5, 5.41) is 0.598. The number of nitrogens with two attached hydrogens (primary N) is 1. The smallest absolute Gasteiger partial charge is 0.340 e. The van der Waals surface area contributed by atoms with E-state index < -0.39 is 0 Å². The van der Waals surface area contributed by atoms with Crippen LogP contribution < -0.4 is 5.73 Å². The molecule has 1 fully saturated rings.